The van der Waals surface area contributed by atoms with Gasteiger partial charge in [0.05, 0.1) is 22.9 Å². The number of benzene rings is 1. The van der Waals surface area contributed by atoms with Crippen LogP contribution in [-0.4, -0.2) is 54.0 Å². The summed E-state index contributed by atoms with van der Waals surface area (Å²) in [5.41, 5.74) is 3.05. The van der Waals surface area contributed by atoms with E-state index in [1.165, 1.54) is 6.21 Å². The molecule has 0 spiro atoms. The molecule has 0 radical (unpaired) electrons. The predicted octanol–water partition coefficient (Wildman–Crippen LogP) is 2.48. The molecule has 29 heavy (non-hydrogen) atoms. The minimum absolute atomic E-state index is 0.250. The van der Waals surface area contributed by atoms with Gasteiger partial charge in [0, 0.05) is 36.1 Å². The zero-order valence-electron chi connectivity index (χ0n) is 16.9. The van der Waals surface area contributed by atoms with Crippen molar-refractivity contribution in [2.75, 3.05) is 19.6 Å². The van der Waals surface area contributed by atoms with E-state index in [-0.39, 0.29) is 6.10 Å². The van der Waals surface area contributed by atoms with Crippen LogP contribution in [0.15, 0.2) is 30.6 Å². The van der Waals surface area contributed by atoms with E-state index in [1.54, 1.807) is 6.20 Å². The zero-order chi connectivity index (χ0) is 20.1. The first-order valence-electron chi connectivity index (χ1n) is 10.6. The molecule has 7 nitrogen and oxygen atoms in total. The molecule has 2 aliphatic rings. The molecule has 1 aliphatic carbocycles. The quantitative estimate of drug-likeness (QED) is 0.514. The Morgan fingerprint density at radius 3 is 2.83 bits per heavy atom. The summed E-state index contributed by atoms with van der Waals surface area (Å²) < 4.78 is 6.14. The molecule has 4 N–H and O–H groups in total. The van der Waals surface area contributed by atoms with Gasteiger partial charge < -0.3 is 26.1 Å². The number of rotatable bonds is 8. The lowest BCUT2D eigenvalue weighted by atomic mass is 9.87. The van der Waals surface area contributed by atoms with Gasteiger partial charge in [-0.1, -0.05) is 6.92 Å². The third-order valence-corrected chi connectivity index (χ3v) is 5.66. The molecule has 2 fully saturated rings. The lowest BCUT2D eigenvalue weighted by molar-refractivity contribution is 0.162. The maximum Gasteiger partial charge on any atom is 0.122 e. The third kappa shape index (κ3) is 4.92. The van der Waals surface area contributed by atoms with Crippen molar-refractivity contribution in [1.82, 2.24) is 25.9 Å². The van der Waals surface area contributed by atoms with Crippen LogP contribution in [0.1, 0.15) is 38.3 Å². The molecule has 154 valence electrons. The number of nitrogens with one attached hydrogen (secondary N) is 4. The van der Waals surface area contributed by atoms with Crippen molar-refractivity contribution in [3.05, 3.63) is 36.3 Å². The first kappa shape index (κ1) is 19.8. The highest BCUT2D eigenvalue weighted by molar-refractivity contribution is 6.07. The van der Waals surface area contributed by atoms with Crippen molar-refractivity contribution in [3.8, 4) is 5.75 Å². The van der Waals surface area contributed by atoms with Crippen molar-refractivity contribution in [3.63, 3.8) is 0 Å². The number of piperidine rings is 1. The van der Waals surface area contributed by atoms with E-state index in [0.29, 0.717) is 17.8 Å². The van der Waals surface area contributed by atoms with E-state index in [9.17, 15) is 0 Å². The number of nitrogens with zero attached hydrogens (tertiary/aromatic N) is 2. The van der Waals surface area contributed by atoms with Crippen LogP contribution in [0.5, 0.6) is 5.75 Å². The van der Waals surface area contributed by atoms with Gasteiger partial charge >= 0.3 is 0 Å². The Labute approximate surface area is 171 Å². The Bertz CT molecular complexity index is 871. The smallest absolute Gasteiger partial charge is 0.122 e. The second kappa shape index (κ2) is 9.33. The summed E-state index contributed by atoms with van der Waals surface area (Å²) in [5, 5.41) is 18.0. The Kier molecular flexibility index (Phi) is 6.36. The van der Waals surface area contributed by atoms with Crippen molar-refractivity contribution in [1.29, 1.82) is 5.41 Å². The van der Waals surface area contributed by atoms with Gasteiger partial charge in [0.15, 0.2) is 0 Å². The van der Waals surface area contributed by atoms with Crippen LogP contribution in [0.3, 0.4) is 0 Å². The molecule has 0 bridgehead atoms. The van der Waals surface area contributed by atoms with E-state index in [1.807, 2.05) is 24.4 Å². The topological polar surface area (TPSA) is 95.0 Å². The first-order chi connectivity index (χ1) is 14.2. The van der Waals surface area contributed by atoms with Crippen LogP contribution in [0.25, 0.3) is 16.6 Å². The number of aromatic nitrogens is 2. The summed E-state index contributed by atoms with van der Waals surface area (Å²) >= 11 is 0. The van der Waals surface area contributed by atoms with Gasteiger partial charge in [-0.15, -0.1) is 0 Å². The predicted molar refractivity (Wildman–Crippen MR) is 116 cm³/mol. The van der Waals surface area contributed by atoms with Crippen LogP contribution in [0.2, 0.25) is 0 Å². The molecule has 4 rings (SSSR count). The molecular weight excluding hydrogens is 364 g/mol. The molecule has 0 atom stereocenters. The van der Waals surface area contributed by atoms with Crippen LogP contribution in [-0.2, 0) is 0 Å². The Morgan fingerprint density at radius 1 is 1.24 bits per heavy atom. The molecule has 0 unspecified atom stereocenters. The van der Waals surface area contributed by atoms with Crippen LogP contribution >= 0.6 is 0 Å². The van der Waals surface area contributed by atoms with E-state index in [4.69, 9.17) is 15.1 Å². The maximum absolute atomic E-state index is 7.80. The van der Waals surface area contributed by atoms with Gasteiger partial charge in [0.25, 0.3) is 0 Å². The molecule has 1 saturated carbocycles. The molecule has 2 aromatic rings. The van der Waals surface area contributed by atoms with Crippen LogP contribution in [0, 0.1) is 5.41 Å². The highest BCUT2D eigenvalue weighted by atomic mass is 16.5. The Hall–Kier alpha value is -2.51. The fourth-order valence-electron chi connectivity index (χ4n) is 3.92. The molecule has 2 heterocycles. The highest BCUT2D eigenvalue weighted by Gasteiger charge is 2.27. The van der Waals surface area contributed by atoms with Gasteiger partial charge in [0.1, 0.15) is 11.9 Å². The zero-order valence-corrected chi connectivity index (χ0v) is 16.9. The largest absolute Gasteiger partial charge is 0.490 e. The number of fused-ring (bicyclic) bond motifs is 1. The van der Waals surface area contributed by atoms with E-state index >= 15 is 0 Å². The second-order valence-electron chi connectivity index (χ2n) is 7.81. The average molecular weight is 395 g/mol. The molecule has 1 aromatic heterocycles. The molecular formula is C22H30N6O. The van der Waals surface area contributed by atoms with Crippen LogP contribution < -0.4 is 20.7 Å². The molecule has 1 aliphatic heterocycles. The van der Waals surface area contributed by atoms with Gasteiger partial charge in [-0.2, -0.15) is 0 Å². The van der Waals surface area contributed by atoms with Crippen molar-refractivity contribution in [2.45, 2.75) is 50.8 Å². The van der Waals surface area contributed by atoms with Crippen molar-refractivity contribution in [2.24, 2.45) is 0 Å². The minimum Gasteiger partial charge on any atom is -0.490 e. The normalized spacial score (nSPS) is 22.9. The Balaban J connectivity index is 1.45. The summed E-state index contributed by atoms with van der Waals surface area (Å²) in [6.07, 6.45) is 9.46. The van der Waals surface area contributed by atoms with E-state index in [2.05, 4.69) is 27.9 Å². The molecule has 1 aromatic carbocycles. The Morgan fingerprint density at radius 2 is 2.07 bits per heavy atom. The number of ether oxygens (including phenoxy) is 1. The van der Waals surface area contributed by atoms with Crippen molar-refractivity contribution < 1.29 is 4.74 Å². The molecule has 1 saturated heterocycles. The third-order valence-electron chi connectivity index (χ3n) is 5.66. The average Bonchev–Trinajstić information content (AvgIpc) is 2.72. The summed E-state index contributed by atoms with van der Waals surface area (Å²) in [6, 6.07) is 6.92. The van der Waals surface area contributed by atoms with Crippen LogP contribution in [0.4, 0.5) is 0 Å². The van der Waals surface area contributed by atoms with E-state index < -0.39 is 0 Å². The lowest BCUT2D eigenvalue weighted by Crippen LogP contribution is -2.49. The summed E-state index contributed by atoms with van der Waals surface area (Å²) in [6.45, 7) is 5.14. The van der Waals surface area contributed by atoms with Gasteiger partial charge in [-0.3, -0.25) is 4.98 Å². The maximum atomic E-state index is 7.80. The van der Waals surface area contributed by atoms with E-state index in [0.717, 1.165) is 67.7 Å². The van der Waals surface area contributed by atoms with Gasteiger partial charge in [0.2, 0.25) is 0 Å². The highest BCUT2D eigenvalue weighted by Crippen LogP contribution is 2.23. The number of hydrogen-bond acceptors (Lipinski definition) is 7. The molecule has 7 heteroatoms. The summed E-state index contributed by atoms with van der Waals surface area (Å²) in [4.78, 5) is 9.27. The van der Waals surface area contributed by atoms with Gasteiger partial charge in [-0.05, 0) is 57.5 Å². The number of allylic oxidation sites excluding steroid dienone is 1. The summed E-state index contributed by atoms with van der Waals surface area (Å²) in [7, 11) is 0. The summed E-state index contributed by atoms with van der Waals surface area (Å²) in [5.74, 6) is 0.832. The minimum atomic E-state index is 0.250. The SMILES string of the molecule is CCNC1CC(N/C=C(\C=N)c2cnc3ccc(OC4CCNCC4)cc3n2)C1. The van der Waals surface area contributed by atoms with Gasteiger partial charge in [-0.25, -0.2) is 4.98 Å². The second-order valence-corrected chi connectivity index (χ2v) is 7.81. The fraction of sp³-hybridized carbons (Fsp3) is 0.500. The standard InChI is InChI=1S/C22H30N6O/c1-2-25-16-9-17(10-16)26-13-15(12-23)22-14-27-20-4-3-19(11-21(20)28-22)29-18-5-7-24-8-6-18/h3-4,11-14,16-18,23-26H,2,5-10H2,1H3/b15-13+,23-12?. The number of hydrogen-bond donors (Lipinski definition) is 4. The first-order valence-corrected chi connectivity index (χ1v) is 10.6. The monoisotopic (exact) mass is 394 g/mol. The molecule has 0 amide bonds. The van der Waals surface area contributed by atoms with Crippen molar-refractivity contribution >= 4 is 22.8 Å². The lowest BCUT2D eigenvalue weighted by Gasteiger charge is -2.36. The fourth-order valence-corrected chi connectivity index (χ4v) is 3.92.